The predicted molar refractivity (Wildman–Crippen MR) is 50.2 cm³/mol. The molecule has 2 unspecified atom stereocenters. The molecule has 0 saturated heterocycles. The van der Waals surface area contributed by atoms with Gasteiger partial charge in [0.15, 0.2) is 0 Å². The quantitative estimate of drug-likeness (QED) is 0.802. The molecule has 0 aliphatic rings. The molecule has 0 aromatic carbocycles. The van der Waals surface area contributed by atoms with Gasteiger partial charge in [-0.3, -0.25) is 4.98 Å². The van der Waals surface area contributed by atoms with Crippen molar-refractivity contribution in [2.24, 2.45) is 0 Å². The first kappa shape index (κ1) is 11.1. The van der Waals surface area contributed by atoms with Crippen LogP contribution in [0.5, 0.6) is 0 Å². The van der Waals surface area contributed by atoms with Gasteiger partial charge >= 0.3 is 0 Å². The van der Waals surface area contributed by atoms with Crippen LogP contribution in [0.1, 0.15) is 25.0 Å². The van der Waals surface area contributed by atoms with Gasteiger partial charge in [0.05, 0.1) is 18.4 Å². The smallest absolute Gasteiger partial charge is 0.141 e. The van der Waals surface area contributed by atoms with Gasteiger partial charge in [0, 0.05) is 25.3 Å². The van der Waals surface area contributed by atoms with Crippen molar-refractivity contribution in [3.05, 3.63) is 29.8 Å². The molecule has 4 heteroatoms. The molecule has 78 valence electrons. The van der Waals surface area contributed by atoms with Gasteiger partial charge in [-0.15, -0.1) is 0 Å². The minimum Gasteiger partial charge on any atom is -0.388 e. The van der Waals surface area contributed by atoms with Crippen molar-refractivity contribution in [2.45, 2.75) is 25.6 Å². The molecule has 2 atom stereocenters. The van der Waals surface area contributed by atoms with E-state index < -0.39 is 11.9 Å². The summed E-state index contributed by atoms with van der Waals surface area (Å²) < 4.78 is 17.7. The van der Waals surface area contributed by atoms with E-state index in [4.69, 9.17) is 4.74 Å². The first-order chi connectivity index (χ1) is 6.63. The molecule has 3 nitrogen and oxygen atoms in total. The number of pyridine rings is 1. The molecule has 0 bridgehead atoms. The number of aliphatic hydroxyl groups excluding tert-OH is 1. The van der Waals surface area contributed by atoms with E-state index in [1.807, 2.05) is 6.92 Å². The normalized spacial score (nSPS) is 15.1. The van der Waals surface area contributed by atoms with E-state index in [2.05, 4.69) is 4.98 Å². The van der Waals surface area contributed by atoms with E-state index in [9.17, 15) is 9.50 Å². The number of rotatable bonds is 4. The van der Waals surface area contributed by atoms with Crippen LogP contribution in [0.2, 0.25) is 0 Å². The summed E-state index contributed by atoms with van der Waals surface area (Å²) >= 11 is 0. The van der Waals surface area contributed by atoms with Gasteiger partial charge in [0.1, 0.15) is 5.82 Å². The number of ether oxygens (including phenoxy) is 1. The van der Waals surface area contributed by atoms with Gasteiger partial charge in [-0.05, 0) is 13.0 Å². The Hall–Kier alpha value is -1.00. The summed E-state index contributed by atoms with van der Waals surface area (Å²) in [4.78, 5) is 3.66. The molecule has 0 aliphatic heterocycles. The molecule has 0 fully saturated rings. The highest BCUT2D eigenvalue weighted by Gasteiger charge is 2.12. The fourth-order valence-electron chi connectivity index (χ4n) is 1.16. The van der Waals surface area contributed by atoms with Crippen LogP contribution in [0, 0.1) is 5.82 Å². The number of aromatic nitrogens is 1. The third kappa shape index (κ3) is 3.05. The Morgan fingerprint density at radius 1 is 1.57 bits per heavy atom. The van der Waals surface area contributed by atoms with Gasteiger partial charge in [-0.2, -0.15) is 0 Å². The first-order valence-corrected chi connectivity index (χ1v) is 4.44. The molecule has 1 rings (SSSR count). The lowest BCUT2D eigenvalue weighted by atomic mass is 10.1. The highest BCUT2D eigenvalue weighted by atomic mass is 19.1. The lowest BCUT2D eigenvalue weighted by Gasteiger charge is -2.14. The van der Waals surface area contributed by atoms with E-state index in [0.717, 1.165) is 6.20 Å². The molecule has 0 aliphatic carbocycles. The fourth-order valence-corrected chi connectivity index (χ4v) is 1.16. The largest absolute Gasteiger partial charge is 0.388 e. The summed E-state index contributed by atoms with van der Waals surface area (Å²) in [5, 5.41) is 9.66. The van der Waals surface area contributed by atoms with Crippen LogP contribution in [0.3, 0.4) is 0 Å². The third-order valence-electron chi connectivity index (χ3n) is 2.07. The number of hydrogen-bond acceptors (Lipinski definition) is 3. The standard InChI is InChI=1S/C10H14FNO2/c1-7(14-2)3-10(13)8-4-9(11)6-12-5-8/h4-7,10,13H,3H2,1-2H3. The van der Waals surface area contributed by atoms with Crippen molar-refractivity contribution in [3.63, 3.8) is 0 Å². The molecule has 0 amide bonds. The molecule has 14 heavy (non-hydrogen) atoms. The summed E-state index contributed by atoms with van der Waals surface area (Å²) in [7, 11) is 1.57. The highest BCUT2D eigenvalue weighted by Crippen LogP contribution is 2.18. The molecular formula is C10H14FNO2. The van der Waals surface area contributed by atoms with Gasteiger partial charge < -0.3 is 9.84 Å². The van der Waals surface area contributed by atoms with Crippen molar-refractivity contribution < 1.29 is 14.2 Å². The number of aliphatic hydroxyl groups is 1. The number of hydrogen-bond donors (Lipinski definition) is 1. The Bertz CT molecular complexity index is 293. The zero-order valence-corrected chi connectivity index (χ0v) is 8.27. The molecule has 1 N–H and O–H groups in total. The SMILES string of the molecule is COC(C)CC(O)c1cncc(F)c1. The maximum absolute atomic E-state index is 12.7. The summed E-state index contributed by atoms with van der Waals surface area (Å²) in [5.41, 5.74) is 0.480. The minimum atomic E-state index is -0.729. The van der Waals surface area contributed by atoms with Crippen molar-refractivity contribution >= 4 is 0 Å². The van der Waals surface area contributed by atoms with E-state index in [1.165, 1.54) is 12.3 Å². The topological polar surface area (TPSA) is 42.4 Å². The second kappa shape index (κ2) is 5.02. The van der Waals surface area contributed by atoms with Crippen molar-refractivity contribution in [2.75, 3.05) is 7.11 Å². The summed E-state index contributed by atoms with van der Waals surface area (Å²) in [6, 6.07) is 1.28. The van der Waals surface area contributed by atoms with Gasteiger partial charge in [0.25, 0.3) is 0 Å². The molecule has 1 aromatic rings. The van der Waals surface area contributed by atoms with Crippen LogP contribution in [0.4, 0.5) is 4.39 Å². The van der Waals surface area contributed by atoms with Crippen LogP contribution < -0.4 is 0 Å². The molecule has 1 aromatic heterocycles. The molecule has 0 radical (unpaired) electrons. The van der Waals surface area contributed by atoms with Crippen LogP contribution in [0.25, 0.3) is 0 Å². The Labute approximate surface area is 82.5 Å². The fraction of sp³-hybridized carbons (Fsp3) is 0.500. The van der Waals surface area contributed by atoms with Crippen LogP contribution >= 0.6 is 0 Å². The van der Waals surface area contributed by atoms with Gasteiger partial charge in [0.2, 0.25) is 0 Å². The second-order valence-corrected chi connectivity index (χ2v) is 3.23. The maximum atomic E-state index is 12.7. The second-order valence-electron chi connectivity index (χ2n) is 3.23. The average molecular weight is 199 g/mol. The Balaban J connectivity index is 2.64. The first-order valence-electron chi connectivity index (χ1n) is 4.44. The minimum absolute atomic E-state index is 0.0618. The number of halogens is 1. The van der Waals surface area contributed by atoms with Gasteiger partial charge in [-0.1, -0.05) is 0 Å². The summed E-state index contributed by atoms with van der Waals surface area (Å²) in [6.45, 7) is 1.84. The number of methoxy groups -OCH3 is 1. The van der Waals surface area contributed by atoms with E-state index in [1.54, 1.807) is 7.11 Å². The van der Waals surface area contributed by atoms with Gasteiger partial charge in [-0.25, -0.2) is 4.39 Å². The predicted octanol–water partition coefficient (Wildman–Crippen LogP) is 1.68. The van der Waals surface area contributed by atoms with Crippen molar-refractivity contribution in [3.8, 4) is 0 Å². The Morgan fingerprint density at radius 2 is 2.29 bits per heavy atom. The van der Waals surface area contributed by atoms with Crippen LogP contribution in [0.15, 0.2) is 18.5 Å². The Morgan fingerprint density at radius 3 is 2.86 bits per heavy atom. The molecular weight excluding hydrogens is 185 g/mol. The van der Waals surface area contributed by atoms with Crippen molar-refractivity contribution in [1.82, 2.24) is 4.98 Å². The van der Waals surface area contributed by atoms with Crippen LogP contribution in [-0.2, 0) is 4.74 Å². The third-order valence-corrected chi connectivity index (χ3v) is 2.07. The summed E-state index contributed by atoms with van der Waals surface area (Å²) in [5.74, 6) is -0.438. The van der Waals surface area contributed by atoms with Crippen molar-refractivity contribution in [1.29, 1.82) is 0 Å². The maximum Gasteiger partial charge on any atom is 0.141 e. The average Bonchev–Trinajstić information content (AvgIpc) is 2.17. The summed E-state index contributed by atoms with van der Waals surface area (Å²) in [6.07, 6.45) is 2.20. The monoisotopic (exact) mass is 199 g/mol. The van der Waals surface area contributed by atoms with E-state index >= 15 is 0 Å². The Kier molecular flexibility index (Phi) is 3.98. The van der Waals surface area contributed by atoms with E-state index in [0.29, 0.717) is 12.0 Å². The molecule has 0 spiro atoms. The number of nitrogens with zero attached hydrogens (tertiary/aromatic N) is 1. The zero-order valence-electron chi connectivity index (χ0n) is 8.27. The molecule has 1 heterocycles. The lowest BCUT2D eigenvalue weighted by molar-refractivity contribution is 0.0557. The molecule has 0 saturated carbocycles. The lowest BCUT2D eigenvalue weighted by Crippen LogP contribution is -2.11. The zero-order chi connectivity index (χ0) is 10.6. The van der Waals surface area contributed by atoms with Crippen LogP contribution in [-0.4, -0.2) is 23.3 Å². The van der Waals surface area contributed by atoms with E-state index in [-0.39, 0.29) is 6.10 Å². The highest BCUT2D eigenvalue weighted by molar-refractivity contribution is 5.13.